The number of aromatic nitrogens is 2. The third-order valence-corrected chi connectivity index (χ3v) is 4.94. The van der Waals surface area contributed by atoms with Crippen LogP contribution in [0.15, 0.2) is 58.5 Å². The number of benzene rings is 2. The Kier molecular flexibility index (Phi) is 6.55. The van der Waals surface area contributed by atoms with E-state index in [1.54, 1.807) is 29.9 Å². The summed E-state index contributed by atoms with van der Waals surface area (Å²) in [6, 6.07) is 14.6. The third-order valence-electron chi connectivity index (χ3n) is 3.74. The van der Waals surface area contributed by atoms with Crippen molar-refractivity contribution in [2.75, 3.05) is 26.1 Å². The molecule has 0 atom stereocenters. The molecule has 1 heterocycles. The summed E-state index contributed by atoms with van der Waals surface area (Å²) >= 11 is 7.36. The number of rotatable bonds is 8. The Morgan fingerprint density at radius 3 is 2.65 bits per heavy atom. The van der Waals surface area contributed by atoms with Gasteiger partial charge in [0.2, 0.25) is 0 Å². The van der Waals surface area contributed by atoms with Crippen LogP contribution in [0.2, 0.25) is 5.02 Å². The molecule has 26 heavy (non-hydrogen) atoms. The van der Waals surface area contributed by atoms with Crippen molar-refractivity contribution in [1.82, 2.24) is 9.55 Å². The molecule has 0 radical (unpaired) electrons. The Morgan fingerprint density at radius 2 is 1.88 bits per heavy atom. The van der Waals surface area contributed by atoms with Crippen molar-refractivity contribution >= 4 is 34.3 Å². The predicted molar refractivity (Wildman–Crippen MR) is 106 cm³/mol. The van der Waals surface area contributed by atoms with E-state index in [1.807, 2.05) is 30.3 Å². The number of hydrogen-bond acceptors (Lipinski definition) is 5. The van der Waals surface area contributed by atoms with Gasteiger partial charge in [-0.05, 0) is 36.4 Å². The van der Waals surface area contributed by atoms with Gasteiger partial charge in [0, 0.05) is 17.9 Å². The molecule has 0 aliphatic heterocycles. The fourth-order valence-electron chi connectivity index (χ4n) is 2.46. The molecule has 1 aromatic heterocycles. The molecule has 3 aromatic rings. The normalized spacial score (nSPS) is 11.0. The van der Waals surface area contributed by atoms with Gasteiger partial charge in [-0.15, -0.1) is 0 Å². The fraction of sp³-hybridized carbons (Fsp3) is 0.263. The van der Waals surface area contributed by atoms with Gasteiger partial charge in [-0.1, -0.05) is 35.5 Å². The predicted octanol–water partition coefficient (Wildman–Crippen LogP) is 3.87. The zero-order valence-electron chi connectivity index (χ0n) is 14.4. The van der Waals surface area contributed by atoms with Gasteiger partial charge < -0.3 is 9.47 Å². The van der Waals surface area contributed by atoms with Gasteiger partial charge in [-0.25, -0.2) is 4.98 Å². The quantitative estimate of drug-likeness (QED) is 0.332. The fourth-order valence-corrected chi connectivity index (χ4v) is 3.43. The van der Waals surface area contributed by atoms with Crippen molar-refractivity contribution in [3.8, 4) is 5.75 Å². The molecule has 0 spiro atoms. The highest BCUT2D eigenvalue weighted by Crippen LogP contribution is 2.19. The highest BCUT2D eigenvalue weighted by atomic mass is 35.5. The summed E-state index contributed by atoms with van der Waals surface area (Å²) in [7, 11) is 1.62. The lowest BCUT2D eigenvalue weighted by atomic mass is 10.2. The summed E-state index contributed by atoms with van der Waals surface area (Å²) in [5.41, 5.74) is 0.654. The SMILES string of the molecule is COCCn1c(SCCOc2ccc(Cl)cc2)nc2ccccc2c1=O. The van der Waals surface area contributed by atoms with Crippen LogP contribution in [-0.2, 0) is 11.3 Å². The van der Waals surface area contributed by atoms with Crippen molar-refractivity contribution in [1.29, 1.82) is 0 Å². The van der Waals surface area contributed by atoms with E-state index in [1.165, 1.54) is 11.8 Å². The van der Waals surface area contributed by atoms with Gasteiger partial charge in [0.05, 0.1) is 30.7 Å². The van der Waals surface area contributed by atoms with Crippen LogP contribution < -0.4 is 10.3 Å². The van der Waals surface area contributed by atoms with E-state index >= 15 is 0 Å². The molecule has 0 N–H and O–H groups in total. The number of methoxy groups -OCH3 is 1. The average Bonchev–Trinajstić information content (AvgIpc) is 2.66. The topological polar surface area (TPSA) is 53.4 Å². The van der Waals surface area contributed by atoms with E-state index in [-0.39, 0.29) is 5.56 Å². The second-order valence-corrected chi connectivity index (χ2v) is 7.01. The van der Waals surface area contributed by atoms with Crippen molar-refractivity contribution < 1.29 is 9.47 Å². The highest BCUT2D eigenvalue weighted by molar-refractivity contribution is 7.99. The zero-order chi connectivity index (χ0) is 18.4. The molecule has 0 aliphatic carbocycles. The second-order valence-electron chi connectivity index (χ2n) is 5.51. The molecule has 0 saturated heterocycles. The summed E-state index contributed by atoms with van der Waals surface area (Å²) in [5.74, 6) is 1.43. The van der Waals surface area contributed by atoms with E-state index < -0.39 is 0 Å². The van der Waals surface area contributed by atoms with Crippen LogP contribution in [0, 0.1) is 0 Å². The van der Waals surface area contributed by atoms with Crippen LogP contribution >= 0.6 is 23.4 Å². The van der Waals surface area contributed by atoms with E-state index in [0.717, 1.165) is 5.75 Å². The zero-order valence-corrected chi connectivity index (χ0v) is 15.9. The summed E-state index contributed by atoms with van der Waals surface area (Å²) in [4.78, 5) is 17.4. The maximum Gasteiger partial charge on any atom is 0.262 e. The van der Waals surface area contributed by atoms with Crippen LogP contribution in [0.3, 0.4) is 0 Å². The lowest BCUT2D eigenvalue weighted by Crippen LogP contribution is -2.25. The minimum absolute atomic E-state index is 0.0474. The van der Waals surface area contributed by atoms with Crippen molar-refractivity contribution in [3.05, 3.63) is 63.9 Å². The molecule has 0 saturated carbocycles. The Hall–Kier alpha value is -2.02. The Bertz CT molecular complexity index is 928. The summed E-state index contributed by atoms with van der Waals surface area (Å²) in [5, 5.41) is 1.96. The van der Waals surface area contributed by atoms with Crippen molar-refractivity contribution in [2.24, 2.45) is 0 Å². The van der Waals surface area contributed by atoms with Gasteiger partial charge in [0.25, 0.3) is 5.56 Å². The van der Waals surface area contributed by atoms with Crippen molar-refractivity contribution in [2.45, 2.75) is 11.7 Å². The molecule has 7 heteroatoms. The number of halogens is 1. The molecule has 3 rings (SSSR count). The van der Waals surface area contributed by atoms with Crippen LogP contribution in [0.25, 0.3) is 10.9 Å². The number of para-hydroxylation sites is 1. The monoisotopic (exact) mass is 390 g/mol. The smallest absolute Gasteiger partial charge is 0.262 e. The van der Waals surface area contributed by atoms with Gasteiger partial charge in [0.1, 0.15) is 5.75 Å². The van der Waals surface area contributed by atoms with E-state index in [0.29, 0.717) is 46.6 Å². The molecule has 0 unspecified atom stereocenters. The van der Waals surface area contributed by atoms with Crippen LogP contribution in [-0.4, -0.2) is 35.6 Å². The minimum atomic E-state index is -0.0474. The molecule has 0 fully saturated rings. The van der Waals surface area contributed by atoms with E-state index in [4.69, 9.17) is 21.1 Å². The molecule has 0 amide bonds. The standard InChI is InChI=1S/C19H19ClN2O3S/c1-24-11-10-22-18(23)16-4-2-3-5-17(16)21-19(22)26-13-12-25-15-8-6-14(20)7-9-15/h2-9H,10-13H2,1H3. The third kappa shape index (κ3) is 4.58. The first-order valence-corrected chi connectivity index (χ1v) is 9.55. The summed E-state index contributed by atoms with van der Waals surface area (Å²) < 4.78 is 12.5. The lowest BCUT2D eigenvalue weighted by molar-refractivity contribution is 0.183. The number of thioether (sulfide) groups is 1. The molecule has 136 valence electrons. The highest BCUT2D eigenvalue weighted by Gasteiger charge is 2.11. The van der Waals surface area contributed by atoms with Crippen LogP contribution in [0.1, 0.15) is 0 Å². The molecular weight excluding hydrogens is 372 g/mol. The Morgan fingerprint density at radius 1 is 1.12 bits per heavy atom. The second kappa shape index (κ2) is 9.07. The van der Waals surface area contributed by atoms with Crippen LogP contribution in [0.4, 0.5) is 0 Å². The molecule has 0 bridgehead atoms. The first kappa shape index (κ1) is 18.8. The number of ether oxygens (including phenoxy) is 2. The Labute approximate surface area is 160 Å². The first-order valence-electron chi connectivity index (χ1n) is 8.19. The Balaban J connectivity index is 1.73. The largest absolute Gasteiger partial charge is 0.493 e. The van der Waals surface area contributed by atoms with Gasteiger partial charge in [0.15, 0.2) is 5.16 Å². The molecule has 2 aromatic carbocycles. The van der Waals surface area contributed by atoms with Gasteiger partial charge in [-0.2, -0.15) is 0 Å². The summed E-state index contributed by atoms with van der Waals surface area (Å²) in [6.45, 7) is 1.42. The van der Waals surface area contributed by atoms with E-state index in [9.17, 15) is 4.79 Å². The summed E-state index contributed by atoms with van der Waals surface area (Å²) in [6.07, 6.45) is 0. The maximum atomic E-state index is 12.8. The molecule has 0 aliphatic rings. The maximum absolute atomic E-state index is 12.8. The van der Waals surface area contributed by atoms with Crippen LogP contribution in [0.5, 0.6) is 5.75 Å². The van der Waals surface area contributed by atoms with Gasteiger partial charge >= 0.3 is 0 Å². The van der Waals surface area contributed by atoms with E-state index in [2.05, 4.69) is 4.98 Å². The average molecular weight is 391 g/mol. The minimum Gasteiger partial charge on any atom is -0.493 e. The molecular formula is C19H19ClN2O3S. The molecule has 5 nitrogen and oxygen atoms in total. The van der Waals surface area contributed by atoms with Crippen molar-refractivity contribution in [3.63, 3.8) is 0 Å². The number of fused-ring (bicyclic) bond motifs is 1. The van der Waals surface area contributed by atoms with Gasteiger partial charge in [-0.3, -0.25) is 9.36 Å². The number of nitrogens with zero attached hydrogens (tertiary/aromatic N) is 2. The lowest BCUT2D eigenvalue weighted by Gasteiger charge is -2.13. The first-order chi connectivity index (χ1) is 12.7. The number of hydrogen-bond donors (Lipinski definition) is 0.